The lowest BCUT2D eigenvalue weighted by Gasteiger charge is -2.14. The number of fused-ring (bicyclic) bond motifs is 3. The summed E-state index contributed by atoms with van der Waals surface area (Å²) in [5.74, 6) is 0.597. The topological polar surface area (TPSA) is 98.5 Å². The first-order chi connectivity index (χ1) is 15.4. The number of aromatic nitrogens is 4. The summed E-state index contributed by atoms with van der Waals surface area (Å²) in [5.41, 5.74) is 3.32. The number of rotatable bonds is 5. The van der Waals surface area contributed by atoms with Crippen molar-refractivity contribution in [1.82, 2.24) is 19.8 Å². The first-order valence-corrected chi connectivity index (χ1v) is 12.2. The fourth-order valence-corrected chi connectivity index (χ4v) is 6.23. The molecule has 2 aromatic heterocycles. The standard InChI is InChI=1S/C23H25N5O3S/c1-14-11-15(2)20(16(3)12-14)32(29,30)23-22-25-21(24-13-17-7-6-10-31-17)18-8-4-5-9-19(18)28(22)27-26-23/h4-5,8-9,11-12,17H,6-7,10,13H2,1-3H3,(H,24,25)/t17-/m0/s1. The van der Waals surface area contributed by atoms with Crippen LogP contribution in [-0.4, -0.2) is 47.5 Å². The molecule has 32 heavy (non-hydrogen) atoms. The van der Waals surface area contributed by atoms with Crippen LogP contribution in [-0.2, 0) is 14.6 Å². The number of aryl methyl sites for hydroxylation is 3. The first-order valence-electron chi connectivity index (χ1n) is 10.7. The number of nitrogens with zero attached hydrogens (tertiary/aromatic N) is 4. The van der Waals surface area contributed by atoms with E-state index in [1.807, 2.05) is 43.3 Å². The lowest BCUT2D eigenvalue weighted by Crippen LogP contribution is -2.19. The highest BCUT2D eigenvalue weighted by atomic mass is 32.2. The van der Waals surface area contributed by atoms with Crippen molar-refractivity contribution in [3.05, 3.63) is 53.1 Å². The molecule has 1 N–H and O–H groups in total. The molecule has 2 aromatic carbocycles. The van der Waals surface area contributed by atoms with Crippen molar-refractivity contribution in [3.63, 3.8) is 0 Å². The molecule has 5 rings (SSSR count). The Bertz CT molecular complexity index is 1420. The van der Waals surface area contributed by atoms with Gasteiger partial charge in [0.1, 0.15) is 5.82 Å². The number of anilines is 1. The quantitative estimate of drug-likeness (QED) is 0.495. The number of nitrogens with one attached hydrogen (secondary N) is 1. The SMILES string of the molecule is Cc1cc(C)c(S(=O)(=O)c2nnn3c2nc(NC[C@@H]2CCCO2)c2ccccc23)c(C)c1. The minimum Gasteiger partial charge on any atom is -0.376 e. The molecule has 0 spiro atoms. The van der Waals surface area contributed by atoms with Crippen LogP contribution in [0, 0.1) is 20.8 Å². The maximum atomic E-state index is 13.7. The summed E-state index contributed by atoms with van der Waals surface area (Å²) in [6, 6.07) is 11.3. The predicted molar refractivity (Wildman–Crippen MR) is 122 cm³/mol. The van der Waals surface area contributed by atoms with E-state index in [0.29, 0.717) is 23.5 Å². The molecule has 1 saturated heterocycles. The molecule has 166 valence electrons. The molecule has 0 aliphatic carbocycles. The Morgan fingerprint density at radius 1 is 1.16 bits per heavy atom. The lowest BCUT2D eigenvalue weighted by atomic mass is 10.1. The Morgan fingerprint density at radius 3 is 2.62 bits per heavy atom. The molecule has 1 atom stereocenters. The van der Waals surface area contributed by atoms with Crippen molar-refractivity contribution in [2.24, 2.45) is 0 Å². The molecule has 4 aromatic rings. The van der Waals surface area contributed by atoms with E-state index >= 15 is 0 Å². The number of sulfone groups is 1. The van der Waals surface area contributed by atoms with Crippen LogP contribution in [0.25, 0.3) is 16.6 Å². The van der Waals surface area contributed by atoms with Gasteiger partial charge in [0.05, 0.1) is 16.5 Å². The van der Waals surface area contributed by atoms with Crippen LogP contribution in [0.2, 0.25) is 0 Å². The Morgan fingerprint density at radius 2 is 1.91 bits per heavy atom. The minimum absolute atomic E-state index is 0.121. The molecule has 8 nitrogen and oxygen atoms in total. The van der Waals surface area contributed by atoms with Gasteiger partial charge in [0.25, 0.3) is 0 Å². The number of hydrogen-bond acceptors (Lipinski definition) is 7. The molecule has 1 fully saturated rings. The van der Waals surface area contributed by atoms with Crippen LogP contribution in [0.5, 0.6) is 0 Å². The maximum Gasteiger partial charge on any atom is 0.230 e. The number of hydrogen-bond donors (Lipinski definition) is 1. The van der Waals surface area contributed by atoms with E-state index in [9.17, 15) is 8.42 Å². The summed E-state index contributed by atoms with van der Waals surface area (Å²) in [4.78, 5) is 4.94. The van der Waals surface area contributed by atoms with Crippen molar-refractivity contribution >= 4 is 32.2 Å². The average Bonchev–Trinajstić information content (AvgIpc) is 3.41. The lowest BCUT2D eigenvalue weighted by molar-refractivity contribution is 0.120. The van der Waals surface area contributed by atoms with E-state index in [-0.39, 0.29) is 21.7 Å². The van der Waals surface area contributed by atoms with Crippen molar-refractivity contribution in [2.75, 3.05) is 18.5 Å². The second-order valence-corrected chi connectivity index (χ2v) is 10.2. The molecular weight excluding hydrogens is 426 g/mol. The van der Waals surface area contributed by atoms with Crippen LogP contribution < -0.4 is 5.32 Å². The molecule has 0 bridgehead atoms. The molecule has 1 aliphatic heterocycles. The molecule has 3 heterocycles. The third kappa shape index (κ3) is 3.41. The van der Waals surface area contributed by atoms with Crippen LogP contribution in [0.15, 0.2) is 46.3 Å². The first kappa shape index (κ1) is 20.8. The minimum atomic E-state index is -3.93. The van der Waals surface area contributed by atoms with Crippen molar-refractivity contribution < 1.29 is 13.2 Å². The largest absolute Gasteiger partial charge is 0.376 e. The summed E-state index contributed by atoms with van der Waals surface area (Å²) in [6.07, 6.45) is 2.16. The summed E-state index contributed by atoms with van der Waals surface area (Å²) >= 11 is 0. The normalized spacial score (nSPS) is 16.8. The highest BCUT2D eigenvalue weighted by Crippen LogP contribution is 2.31. The van der Waals surface area contributed by atoms with Crippen LogP contribution in [0.1, 0.15) is 29.5 Å². The molecular formula is C23H25N5O3S. The van der Waals surface area contributed by atoms with Crippen molar-refractivity contribution in [3.8, 4) is 0 Å². The van der Waals surface area contributed by atoms with E-state index in [0.717, 1.165) is 35.9 Å². The van der Waals surface area contributed by atoms with E-state index < -0.39 is 9.84 Å². The molecule has 1 aliphatic rings. The van der Waals surface area contributed by atoms with Crippen LogP contribution >= 0.6 is 0 Å². The van der Waals surface area contributed by atoms with Crippen molar-refractivity contribution in [1.29, 1.82) is 0 Å². The van der Waals surface area contributed by atoms with E-state index in [2.05, 4.69) is 20.6 Å². The smallest absolute Gasteiger partial charge is 0.230 e. The van der Waals surface area contributed by atoms with E-state index in [1.165, 1.54) is 4.52 Å². The zero-order chi connectivity index (χ0) is 22.5. The van der Waals surface area contributed by atoms with Crippen LogP contribution in [0.4, 0.5) is 5.82 Å². The monoisotopic (exact) mass is 451 g/mol. The molecule has 0 radical (unpaired) electrons. The van der Waals surface area contributed by atoms with Gasteiger partial charge in [-0.05, 0) is 56.9 Å². The second kappa shape index (κ2) is 7.83. The third-order valence-corrected chi connectivity index (χ3v) is 7.83. The molecule has 0 amide bonds. The third-order valence-electron chi connectivity index (χ3n) is 5.87. The number of benzene rings is 2. The summed E-state index contributed by atoms with van der Waals surface area (Å²) < 4.78 is 34.6. The Balaban J connectivity index is 1.68. The van der Waals surface area contributed by atoms with Gasteiger partial charge in [-0.3, -0.25) is 0 Å². The zero-order valence-electron chi connectivity index (χ0n) is 18.3. The fourth-order valence-electron chi connectivity index (χ4n) is 4.56. The zero-order valence-corrected chi connectivity index (χ0v) is 19.1. The summed E-state index contributed by atoms with van der Waals surface area (Å²) in [5, 5.41) is 12.3. The summed E-state index contributed by atoms with van der Waals surface area (Å²) in [6.45, 7) is 6.92. The number of para-hydroxylation sites is 1. The number of ether oxygens (including phenoxy) is 1. The Hall–Kier alpha value is -3.04. The average molecular weight is 452 g/mol. The van der Waals surface area contributed by atoms with Gasteiger partial charge >= 0.3 is 0 Å². The highest BCUT2D eigenvalue weighted by Gasteiger charge is 2.30. The van der Waals surface area contributed by atoms with Crippen LogP contribution in [0.3, 0.4) is 0 Å². The second-order valence-electron chi connectivity index (χ2n) is 8.35. The Kier molecular flexibility index (Phi) is 5.10. The van der Waals surface area contributed by atoms with E-state index in [4.69, 9.17) is 4.74 Å². The molecule has 0 unspecified atom stereocenters. The van der Waals surface area contributed by atoms with E-state index in [1.54, 1.807) is 13.8 Å². The van der Waals surface area contributed by atoms with Gasteiger partial charge in [-0.25, -0.2) is 13.4 Å². The van der Waals surface area contributed by atoms with Gasteiger partial charge in [0, 0.05) is 18.5 Å². The maximum absolute atomic E-state index is 13.7. The Labute approximate surface area is 186 Å². The van der Waals surface area contributed by atoms with Gasteiger partial charge < -0.3 is 10.1 Å². The summed E-state index contributed by atoms with van der Waals surface area (Å²) in [7, 11) is -3.93. The molecule has 0 saturated carbocycles. The van der Waals surface area contributed by atoms with Gasteiger partial charge in [0.15, 0.2) is 5.65 Å². The van der Waals surface area contributed by atoms with Crippen molar-refractivity contribution in [2.45, 2.75) is 49.6 Å². The predicted octanol–water partition coefficient (Wildman–Crippen LogP) is 3.63. The molecule has 9 heteroatoms. The fraction of sp³-hybridized carbons (Fsp3) is 0.348. The van der Waals surface area contributed by atoms with Gasteiger partial charge in [-0.2, -0.15) is 4.52 Å². The van der Waals surface area contributed by atoms with Gasteiger partial charge in [0.2, 0.25) is 14.9 Å². The van der Waals surface area contributed by atoms with Gasteiger partial charge in [-0.1, -0.05) is 35.0 Å². The van der Waals surface area contributed by atoms with Gasteiger partial charge in [-0.15, -0.1) is 5.10 Å². The highest BCUT2D eigenvalue weighted by molar-refractivity contribution is 7.91.